The number of aliphatic hydroxyl groups excluding tert-OH is 1. The van der Waals surface area contributed by atoms with Crippen molar-refractivity contribution in [2.45, 2.75) is 31.4 Å². The van der Waals surface area contributed by atoms with Crippen LogP contribution < -0.4 is 9.80 Å². The lowest BCUT2D eigenvalue weighted by Crippen LogP contribution is -2.42. The molecule has 0 bridgehead atoms. The number of fused-ring (bicyclic) bond motifs is 1. The van der Waals surface area contributed by atoms with E-state index >= 15 is 0 Å². The molecule has 0 radical (unpaired) electrons. The number of rotatable bonds is 4. The van der Waals surface area contributed by atoms with E-state index in [2.05, 4.69) is 64.5 Å². The topological polar surface area (TPSA) is 55.7 Å². The van der Waals surface area contributed by atoms with Gasteiger partial charge in [-0.25, -0.2) is 4.98 Å². The number of anilines is 2. The van der Waals surface area contributed by atoms with Crippen molar-refractivity contribution in [1.29, 1.82) is 0 Å². The molecule has 4 heterocycles. The molecule has 0 amide bonds. The molecule has 6 nitrogen and oxygen atoms in total. The Bertz CT molecular complexity index is 1010. The van der Waals surface area contributed by atoms with Crippen LogP contribution in [0.4, 0.5) is 11.8 Å². The summed E-state index contributed by atoms with van der Waals surface area (Å²) in [5.74, 6) is 1.80. The first-order chi connectivity index (χ1) is 14.6. The molecule has 2 saturated heterocycles. The predicted octanol–water partition coefficient (Wildman–Crippen LogP) is 3.46. The molecule has 0 aliphatic carbocycles. The third-order valence-electron chi connectivity index (χ3n) is 6.43. The quantitative estimate of drug-likeness (QED) is 0.694. The number of benzene rings is 1. The average molecular weight is 424 g/mol. The second-order valence-corrected chi connectivity index (χ2v) is 9.47. The first kappa shape index (κ1) is 19.7. The molecule has 7 heteroatoms. The maximum Gasteiger partial charge on any atom is 0.228 e. The Balaban J connectivity index is 1.59. The lowest BCUT2D eigenvalue weighted by molar-refractivity contribution is 0.198. The second kappa shape index (κ2) is 8.13. The van der Waals surface area contributed by atoms with E-state index in [1.54, 1.807) is 11.3 Å². The maximum absolute atomic E-state index is 10.0. The number of β-amino-alcohol motifs (C(OH)–C–C–N with tert-alkyl or cyclic N) is 1. The number of hydrogen-bond donors (Lipinski definition) is 1. The van der Waals surface area contributed by atoms with Gasteiger partial charge in [-0.05, 0) is 38.9 Å². The van der Waals surface area contributed by atoms with Crippen LogP contribution in [-0.2, 0) is 0 Å². The number of hydrogen-bond acceptors (Lipinski definition) is 7. The van der Waals surface area contributed by atoms with Crippen molar-refractivity contribution >= 4 is 33.3 Å². The van der Waals surface area contributed by atoms with Gasteiger partial charge in [-0.2, -0.15) is 4.98 Å². The molecule has 30 heavy (non-hydrogen) atoms. The van der Waals surface area contributed by atoms with Gasteiger partial charge in [0.1, 0.15) is 10.6 Å². The van der Waals surface area contributed by atoms with E-state index in [0.717, 1.165) is 60.9 Å². The molecule has 1 unspecified atom stereocenters. The van der Waals surface area contributed by atoms with E-state index in [4.69, 9.17) is 9.97 Å². The van der Waals surface area contributed by atoms with E-state index in [-0.39, 0.29) is 6.10 Å². The van der Waals surface area contributed by atoms with Crippen LogP contribution in [0.5, 0.6) is 0 Å². The van der Waals surface area contributed by atoms with Gasteiger partial charge >= 0.3 is 0 Å². The Morgan fingerprint density at radius 2 is 1.73 bits per heavy atom. The van der Waals surface area contributed by atoms with Crippen LogP contribution in [0, 0.1) is 0 Å². The molecule has 3 aromatic rings. The first-order valence-corrected chi connectivity index (χ1v) is 11.7. The molecule has 2 aliphatic heterocycles. The van der Waals surface area contributed by atoms with Gasteiger partial charge in [0.05, 0.1) is 11.5 Å². The normalized spacial score (nSPS) is 20.6. The molecule has 0 saturated carbocycles. The molecule has 2 aromatic heterocycles. The molecule has 5 rings (SSSR count). The molecule has 2 fully saturated rings. The van der Waals surface area contributed by atoms with Crippen LogP contribution in [0.2, 0.25) is 0 Å². The molecule has 1 aromatic carbocycles. The molecular formula is C23H29N5OS. The summed E-state index contributed by atoms with van der Waals surface area (Å²) in [5, 5.41) is 13.4. The lowest BCUT2D eigenvalue weighted by Gasteiger charge is -2.36. The van der Waals surface area contributed by atoms with Gasteiger partial charge in [-0.3, -0.25) is 0 Å². The van der Waals surface area contributed by atoms with E-state index in [1.807, 2.05) is 0 Å². The van der Waals surface area contributed by atoms with Gasteiger partial charge < -0.3 is 19.8 Å². The van der Waals surface area contributed by atoms with Gasteiger partial charge in [0.25, 0.3) is 0 Å². The van der Waals surface area contributed by atoms with Crippen LogP contribution in [-0.4, -0.2) is 72.4 Å². The minimum Gasteiger partial charge on any atom is -0.391 e. The Labute approximate surface area is 181 Å². The zero-order chi connectivity index (χ0) is 20.7. The van der Waals surface area contributed by atoms with Crippen LogP contribution >= 0.6 is 11.3 Å². The van der Waals surface area contributed by atoms with Crippen LogP contribution in [0.25, 0.3) is 21.3 Å². The third-order valence-corrected chi connectivity index (χ3v) is 7.30. The van der Waals surface area contributed by atoms with Crippen LogP contribution in [0.15, 0.2) is 35.7 Å². The van der Waals surface area contributed by atoms with Gasteiger partial charge in [0.15, 0.2) is 0 Å². The minimum absolute atomic E-state index is 0.285. The largest absolute Gasteiger partial charge is 0.391 e. The fourth-order valence-corrected chi connectivity index (χ4v) is 5.57. The van der Waals surface area contributed by atoms with Crippen LogP contribution in [0.1, 0.15) is 19.3 Å². The maximum atomic E-state index is 10.0. The molecule has 1 N–H and O–H groups in total. The van der Waals surface area contributed by atoms with E-state index < -0.39 is 0 Å². The van der Waals surface area contributed by atoms with Crippen molar-refractivity contribution in [3.8, 4) is 11.1 Å². The number of piperidine rings is 1. The Hall–Kier alpha value is -2.22. The highest BCUT2D eigenvalue weighted by atomic mass is 32.1. The molecular weight excluding hydrogens is 394 g/mol. The van der Waals surface area contributed by atoms with Crippen molar-refractivity contribution in [2.24, 2.45) is 0 Å². The molecule has 0 spiro atoms. The summed E-state index contributed by atoms with van der Waals surface area (Å²) in [6.45, 7) is 3.43. The van der Waals surface area contributed by atoms with E-state index in [9.17, 15) is 5.11 Å². The van der Waals surface area contributed by atoms with Crippen molar-refractivity contribution in [1.82, 2.24) is 14.9 Å². The summed E-state index contributed by atoms with van der Waals surface area (Å²) >= 11 is 1.69. The summed E-state index contributed by atoms with van der Waals surface area (Å²) in [6.07, 6.45) is 2.78. The highest BCUT2D eigenvalue weighted by Gasteiger charge is 2.28. The SMILES string of the molecule is CN(C)C1CCN(c2nc(N3CCC(O)C3)nc3scc(-c4ccccc4)c23)CC1. The van der Waals surface area contributed by atoms with E-state index in [0.29, 0.717) is 12.6 Å². The standard InChI is InChI=1S/C23H29N5OS/c1-26(2)17-8-11-27(12-9-17)21-20-19(16-6-4-3-5-7-16)15-30-22(20)25-23(24-21)28-13-10-18(29)14-28/h3-7,15,17-18,29H,8-14H2,1-2H3. The minimum atomic E-state index is -0.285. The van der Waals surface area contributed by atoms with Gasteiger partial charge in [0.2, 0.25) is 5.95 Å². The number of nitrogens with zero attached hydrogens (tertiary/aromatic N) is 5. The first-order valence-electron chi connectivity index (χ1n) is 10.8. The van der Waals surface area contributed by atoms with Gasteiger partial charge in [-0.1, -0.05) is 30.3 Å². The molecule has 1 atom stereocenters. The fraction of sp³-hybridized carbons (Fsp3) is 0.478. The molecule has 2 aliphatic rings. The average Bonchev–Trinajstić information content (AvgIpc) is 3.40. The van der Waals surface area contributed by atoms with Crippen molar-refractivity contribution in [2.75, 3.05) is 50.1 Å². The Morgan fingerprint density at radius 3 is 2.40 bits per heavy atom. The zero-order valence-electron chi connectivity index (χ0n) is 17.7. The van der Waals surface area contributed by atoms with Crippen molar-refractivity contribution in [3.63, 3.8) is 0 Å². The highest BCUT2D eigenvalue weighted by molar-refractivity contribution is 7.17. The second-order valence-electron chi connectivity index (χ2n) is 8.61. The Morgan fingerprint density at radius 1 is 1.00 bits per heavy atom. The monoisotopic (exact) mass is 423 g/mol. The third kappa shape index (κ3) is 3.66. The lowest BCUT2D eigenvalue weighted by atomic mass is 10.0. The predicted molar refractivity (Wildman–Crippen MR) is 125 cm³/mol. The van der Waals surface area contributed by atoms with Crippen molar-refractivity contribution < 1.29 is 5.11 Å². The Kier molecular flexibility index (Phi) is 5.35. The number of thiophene rings is 1. The smallest absolute Gasteiger partial charge is 0.228 e. The van der Waals surface area contributed by atoms with Crippen LogP contribution in [0.3, 0.4) is 0 Å². The summed E-state index contributed by atoms with van der Waals surface area (Å²) in [5.41, 5.74) is 2.43. The van der Waals surface area contributed by atoms with Gasteiger partial charge in [-0.15, -0.1) is 11.3 Å². The summed E-state index contributed by atoms with van der Waals surface area (Å²) in [7, 11) is 4.35. The number of aliphatic hydroxyl groups is 1. The van der Waals surface area contributed by atoms with E-state index in [1.165, 1.54) is 11.1 Å². The summed E-state index contributed by atoms with van der Waals surface area (Å²) < 4.78 is 0. The molecule has 158 valence electrons. The van der Waals surface area contributed by atoms with Gasteiger partial charge in [0, 0.05) is 43.2 Å². The summed E-state index contributed by atoms with van der Waals surface area (Å²) in [4.78, 5) is 18.0. The van der Waals surface area contributed by atoms with Crippen molar-refractivity contribution in [3.05, 3.63) is 35.7 Å². The zero-order valence-corrected chi connectivity index (χ0v) is 18.5. The summed E-state index contributed by atoms with van der Waals surface area (Å²) in [6, 6.07) is 11.2. The fourth-order valence-electron chi connectivity index (χ4n) is 4.63. The highest BCUT2D eigenvalue weighted by Crippen LogP contribution is 2.40. The number of aromatic nitrogens is 2.